The highest BCUT2D eigenvalue weighted by Gasteiger charge is 2.05. The van der Waals surface area contributed by atoms with Crippen molar-refractivity contribution in [3.63, 3.8) is 0 Å². The number of halogens is 1. The van der Waals surface area contributed by atoms with E-state index in [1.807, 2.05) is 41.8 Å². The number of benzene rings is 1. The standard InChI is InChI=1S/C16H11BrN2O2S/c17-12-5-3-11(4-6-12)14-8-7-13(21-14)10-18-19-16(20)15-2-1-9-22-15/h1-10H,(H,19,20)/b18-10+. The number of hydrogen-bond donors (Lipinski definition) is 1. The van der Waals surface area contributed by atoms with Gasteiger partial charge < -0.3 is 4.42 Å². The van der Waals surface area contributed by atoms with E-state index in [1.54, 1.807) is 12.1 Å². The Kier molecular flexibility index (Phi) is 4.50. The molecule has 0 fully saturated rings. The van der Waals surface area contributed by atoms with Crippen LogP contribution in [-0.2, 0) is 0 Å². The topological polar surface area (TPSA) is 54.6 Å². The van der Waals surface area contributed by atoms with Crippen LogP contribution in [0.25, 0.3) is 11.3 Å². The zero-order valence-electron chi connectivity index (χ0n) is 11.3. The molecule has 6 heteroatoms. The summed E-state index contributed by atoms with van der Waals surface area (Å²) in [7, 11) is 0. The molecule has 1 amide bonds. The van der Waals surface area contributed by atoms with Crippen LogP contribution < -0.4 is 5.43 Å². The third-order valence-electron chi connectivity index (χ3n) is 2.86. The Morgan fingerprint density at radius 1 is 1.18 bits per heavy atom. The van der Waals surface area contributed by atoms with Crippen LogP contribution in [0.15, 0.2) is 67.9 Å². The molecule has 0 bridgehead atoms. The van der Waals surface area contributed by atoms with E-state index >= 15 is 0 Å². The highest BCUT2D eigenvalue weighted by molar-refractivity contribution is 9.10. The first-order chi connectivity index (χ1) is 10.7. The molecule has 0 aliphatic heterocycles. The van der Waals surface area contributed by atoms with Crippen molar-refractivity contribution >= 4 is 39.4 Å². The molecule has 2 aromatic heterocycles. The maximum atomic E-state index is 11.7. The first-order valence-corrected chi connectivity index (χ1v) is 8.12. The summed E-state index contributed by atoms with van der Waals surface area (Å²) in [5.74, 6) is 1.09. The van der Waals surface area contributed by atoms with Gasteiger partial charge in [-0.3, -0.25) is 4.79 Å². The van der Waals surface area contributed by atoms with E-state index in [0.717, 1.165) is 15.8 Å². The van der Waals surface area contributed by atoms with Crippen LogP contribution in [0.1, 0.15) is 15.4 Å². The number of rotatable bonds is 4. The second-order valence-corrected chi connectivity index (χ2v) is 6.25. The number of hydrogen-bond acceptors (Lipinski definition) is 4. The minimum Gasteiger partial charge on any atom is -0.455 e. The van der Waals surface area contributed by atoms with E-state index in [2.05, 4.69) is 26.5 Å². The smallest absolute Gasteiger partial charge is 0.281 e. The summed E-state index contributed by atoms with van der Waals surface area (Å²) < 4.78 is 6.68. The normalized spacial score (nSPS) is 11.0. The van der Waals surface area contributed by atoms with Gasteiger partial charge in [0.25, 0.3) is 5.91 Å². The van der Waals surface area contributed by atoms with Gasteiger partial charge in [0.15, 0.2) is 0 Å². The molecule has 110 valence electrons. The van der Waals surface area contributed by atoms with Crippen LogP contribution in [0, 0.1) is 0 Å². The molecule has 0 unspecified atom stereocenters. The van der Waals surface area contributed by atoms with Gasteiger partial charge in [-0.2, -0.15) is 5.10 Å². The summed E-state index contributed by atoms with van der Waals surface area (Å²) in [5.41, 5.74) is 3.44. The fraction of sp³-hybridized carbons (Fsp3) is 0. The van der Waals surface area contributed by atoms with Gasteiger partial charge in [0.05, 0.1) is 11.1 Å². The van der Waals surface area contributed by atoms with Gasteiger partial charge in [0, 0.05) is 10.0 Å². The van der Waals surface area contributed by atoms with Crippen LogP contribution >= 0.6 is 27.3 Å². The lowest BCUT2D eigenvalue weighted by molar-refractivity contribution is 0.0959. The van der Waals surface area contributed by atoms with Crippen molar-refractivity contribution < 1.29 is 9.21 Å². The van der Waals surface area contributed by atoms with Crippen LogP contribution in [0.5, 0.6) is 0 Å². The average Bonchev–Trinajstić information content (AvgIpc) is 3.19. The summed E-state index contributed by atoms with van der Waals surface area (Å²) in [5, 5.41) is 5.74. The zero-order valence-corrected chi connectivity index (χ0v) is 13.7. The molecule has 1 aromatic carbocycles. The van der Waals surface area contributed by atoms with Crippen molar-refractivity contribution in [2.24, 2.45) is 5.10 Å². The second-order valence-electron chi connectivity index (χ2n) is 4.39. The summed E-state index contributed by atoms with van der Waals surface area (Å²) in [4.78, 5) is 12.3. The summed E-state index contributed by atoms with van der Waals surface area (Å²) in [6, 6.07) is 15.1. The molecule has 0 saturated carbocycles. The first-order valence-electron chi connectivity index (χ1n) is 6.45. The maximum absolute atomic E-state index is 11.7. The fourth-order valence-corrected chi connectivity index (χ4v) is 2.69. The second kappa shape index (κ2) is 6.72. The molecule has 1 N–H and O–H groups in total. The lowest BCUT2D eigenvalue weighted by Gasteiger charge is -1.96. The summed E-state index contributed by atoms with van der Waals surface area (Å²) in [6.45, 7) is 0. The molecule has 3 aromatic rings. The van der Waals surface area contributed by atoms with E-state index in [9.17, 15) is 4.79 Å². The lowest BCUT2D eigenvalue weighted by Crippen LogP contribution is -2.15. The van der Waals surface area contributed by atoms with E-state index < -0.39 is 0 Å². The third-order valence-corrected chi connectivity index (χ3v) is 4.26. The number of hydrazone groups is 1. The molecule has 3 rings (SSSR count). The number of amides is 1. The molecule has 0 spiro atoms. The Hall–Kier alpha value is -2.18. The minimum atomic E-state index is -0.231. The predicted molar refractivity (Wildman–Crippen MR) is 91.2 cm³/mol. The Morgan fingerprint density at radius 2 is 2.00 bits per heavy atom. The Bertz CT molecular complexity index is 792. The summed E-state index contributed by atoms with van der Waals surface area (Å²) in [6.07, 6.45) is 1.48. The van der Waals surface area contributed by atoms with Gasteiger partial charge in [-0.15, -0.1) is 11.3 Å². The first kappa shape index (κ1) is 14.7. The Labute approximate surface area is 139 Å². The largest absolute Gasteiger partial charge is 0.455 e. The van der Waals surface area contributed by atoms with E-state index in [0.29, 0.717) is 10.6 Å². The molecule has 0 aliphatic rings. The van der Waals surface area contributed by atoms with Gasteiger partial charge in [0.1, 0.15) is 11.5 Å². The average molecular weight is 375 g/mol. The fourth-order valence-electron chi connectivity index (χ4n) is 1.81. The number of carbonyl (C=O) groups is 1. The molecule has 4 nitrogen and oxygen atoms in total. The maximum Gasteiger partial charge on any atom is 0.281 e. The number of thiophene rings is 1. The molecule has 0 atom stereocenters. The highest BCUT2D eigenvalue weighted by atomic mass is 79.9. The molecule has 0 radical (unpaired) electrons. The number of carbonyl (C=O) groups excluding carboxylic acids is 1. The minimum absolute atomic E-state index is 0.231. The summed E-state index contributed by atoms with van der Waals surface area (Å²) >= 11 is 4.76. The molecule has 0 aliphatic carbocycles. The molecular formula is C16H11BrN2O2S. The predicted octanol–water partition coefficient (Wildman–Crippen LogP) is 4.53. The van der Waals surface area contributed by atoms with Gasteiger partial charge >= 0.3 is 0 Å². The molecule has 2 heterocycles. The van der Waals surface area contributed by atoms with Crippen molar-refractivity contribution in [1.82, 2.24) is 5.43 Å². The van der Waals surface area contributed by atoms with Gasteiger partial charge in [-0.05, 0) is 35.7 Å². The van der Waals surface area contributed by atoms with Gasteiger partial charge in [-0.25, -0.2) is 5.43 Å². The highest BCUT2D eigenvalue weighted by Crippen LogP contribution is 2.23. The van der Waals surface area contributed by atoms with Gasteiger partial charge in [-0.1, -0.05) is 34.1 Å². The number of nitrogens with one attached hydrogen (secondary N) is 1. The van der Waals surface area contributed by atoms with Crippen molar-refractivity contribution in [3.8, 4) is 11.3 Å². The molecular weight excluding hydrogens is 364 g/mol. The monoisotopic (exact) mass is 374 g/mol. The van der Waals surface area contributed by atoms with E-state index in [1.165, 1.54) is 17.6 Å². The van der Waals surface area contributed by atoms with Crippen molar-refractivity contribution in [2.75, 3.05) is 0 Å². The van der Waals surface area contributed by atoms with Crippen LogP contribution in [-0.4, -0.2) is 12.1 Å². The number of nitrogens with zero attached hydrogens (tertiary/aromatic N) is 1. The van der Waals surface area contributed by atoms with Crippen molar-refractivity contribution in [2.45, 2.75) is 0 Å². The molecule has 22 heavy (non-hydrogen) atoms. The van der Waals surface area contributed by atoms with E-state index in [4.69, 9.17) is 4.42 Å². The lowest BCUT2D eigenvalue weighted by atomic mass is 10.2. The van der Waals surface area contributed by atoms with Gasteiger partial charge in [0.2, 0.25) is 0 Å². The van der Waals surface area contributed by atoms with Crippen molar-refractivity contribution in [1.29, 1.82) is 0 Å². The number of furan rings is 1. The van der Waals surface area contributed by atoms with E-state index in [-0.39, 0.29) is 5.91 Å². The molecule has 0 saturated heterocycles. The zero-order chi connectivity index (χ0) is 15.4. The SMILES string of the molecule is O=C(N/N=C/c1ccc(-c2ccc(Br)cc2)o1)c1cccs1. The Balaban J connectivity index is 1.65. The van der Waals surface area contributed by atoms with Crippen LogP contribution in [0.3, 0.4) is 0 Å². The van der Waals surface area contributed by atoms with Crippen LogP contribution in [0.4, 0.5) is 0 Å². The third kappa shape index (κ3) is 3.52. The van der Waals surface area contributed by atoms with Crippen LogP contribution in [0.2, 0.25) is 0 Å². The Morgan fingerprint density at radius 3 is 2.73 bits per heavy atom. The quantitative estimate of drug-likeness (QED) is 0.538. The van der Waals surface area contributed by atoms with Crippen molar-refractivity contribution in [3.05, 3.63) is 69.0 Å².